The molecule has 4 fully saturated rings. The Morgan fingerprint density at radius 3 is 2.41 bits per heavy atom. The molecular formula is C25H25ClF2N2O8S. The monoisotopic (exact) mass is 586 g/mol. The van der Waals surface area contributed by atoms with Crippen molar-refractivity contribution in [2.45, 2.75) is 53.3 Å². The molecule has 0 radical (unpaired) electrons. The highest BCUT2D eigenvalue weighted by Gasteiger charge is 2.65. The summed E-state index contributed by atoms with van der Waals surface area (Å²) in [7, 11) is -4.11. The fourth-order valence-corrected chi connectivity index (χ4v) is 8.22. The molecular weight excluding hydrogens is 562 g/mol. The van der Waals surface area contributed by atoms with Crippen molar-refractivity contribution in [1.82, 2.24) is 5.32 Å². The highest BCUT2D eigenvalue weighted by atomic mass is 35.5. The maximum absolute atomic E-state index is 13.6. The number of alkyl carbamates (subject to hydrolysis) is 1. The van der Waals surface area contributed by atoms with E-state index in [1.54, 1.807) is 0 Å². The van der Waals surface area contributed by atoms with Crippen LogP contribution in [0.25, 0.3) is 0 Å². The minimum atomic E-state index is -4.11. The molecule has 10 nitrogen and oxygen atoms in total. The van der Waals surface area contributed by atoms with Crippen LogP contribution in [0.15, 0.2) is 41.3 Å². The van der Waals surface area contributed by atoms with Crippen LogP contribution in [0.5, 0.6) is 0 Å². The van der Waals surface area contributed by atoms with Gasteiger partial charge in [-0.15, -0.1) is 0 Å². The van der Waals surface area contributed by atoms with Gasteiger partial charge in [0, 0.05) is 17.3 Å². The number of sulfone groups is 1. The standard InChI is InChI=1S/C25H25ClF2N2O8S/c26-16-3-1-11(23(33)30-14-2-4-17(27)18(28)9-14)5-20(16)39(36,37)15-7-12-6-13(8-15)25(12,35)22(32)21(31)19-10-29-24(34)38-19/h1-5,9,12-13,15,19,21-22,31-32,35H,6-8,10H2,(H,29,34)(H,30,33)/t12?,13?,15?,19?,21-,22+,25?/m0/s1. The number of anilines is 1. The smallest absolute Gasteiger partial charge is 0.407 e. The first kappa shape index (κ1) is 27.7. The number of aliphatic hydroxyl groups is 3. The van der Waals surface area contributed by atoms with Gasteiger partial charge < -0.3 is 30.7 Å². The van der Waals surface area contributed by atoms with E-state index in [9.17, 15) is 42.1 Å². The summed E-state index contributed by atoms with van der Waals surface area (Å²) in [5, 5.41) is 36.2. The van der Waals surface area contributed by atoms with Gasteiger partial charge in [-0.3, -0.25) is 4.79 Å². The van der Waals surface area contributed by atoms with Crippen LogP contribution in [0, 0.1) is 23.5 Å². The number of carbonyl (C=O) groups is 2. The molecule has 0 aromatic heterocycles. The van der Waals surface area contributed by atoms with E-state index in [0.29, 0.717) is 6.42 Å². The molecule has 2 aromatic rings. The van der Waals surface area contributed by atoms with Crippen molar-refractivity contribution >= 4 is 39.1 Å². The zero-order valence-electron chi connectivity index (χ0n) is 20.2. The van der Waals surface area contributed by atoms with E-state index >= 15 is 0 Å². The second-order valence-electron chi connectivity index (χ2n) is 10.1. The molecule has 1 saturated heterocycles. The zero-order chi connectivity index (χ0) is 28.3. The number of halogens is 3. The largest absolute Gasteiger partial charge is 0.441 e. The van der Waals surface area contributed by atoms with E-state index in [4.69, 9.17) is 16.3 Å². The Morgan fingerprint density at radius 2 is 1.79 bits per heavy atom. The van der Waals surface area contributed by atoms with Crippen molar-refractivity contribution in [2.24, 2.45) is 11.8 Å². The predicted molar refractivity (Wildman–Crippen MR) is 133 cm³/mol. The highest BCUT2D eigenvalue weighted by molar-refractivity contribution is 7.92. The highest BCUT2D eigenvalue weighted by Crippen LogP contribution is 2.57. The van der Waals surface area contributed by atoms with Gasteiger partial charge in [0.2, 0.25) is 0 Å². The molecule has 14 heteroatoms. The summed E-state index contributed by atoms with van der Waals surface area (Å²) in [5.41, 5.74) is -1.89. The van der Waals surface area contributed by atoms with E-state index in [-0.39, 0.29) is 40.6 Å². The van der Waals surface area contributed by atoms with Crippen LogP contribution in [0.4, 0.5) is 19.3 Å². The molecule has 2 bridgehead atoms. The third kappa shape index (κ3) is 4.76. The Morgan fingerprint density at radius 1 is 1.10 bits per heavy atom. The van der Waals surface area contributed by atoms with Gasteiger partial charge in [0.25, 0.3) is 5.91 Å². The molecule has 39 heavy (non-hydrogen) atoms. The first-order valence-corrected chi connectivity index (χ1v) is 14.1. The van der Waals surface area contributed by atoms with Crippen molar-refractivity contribution < 1.29 is 46.8 Å². The number of cyclic esters (lactones) is 1. The number of fused-ring (bicyclic) bond motifs is 2. The second-order valence-corrected chi connectivity index (χ2v) is 12.7. The van der Waals surface area contributed by atoms with Gasteiger partial charge in [-0.2, -0.15) is 0 Å². The number of carbonyl (C=O) groups excluding carboxylic acids is 2. The summed E-state index contributed by atoms with van der Waals surface area (Å²) in [5.74, 6) is -4.35. The molecule has 0 spiro atoms. The van der Waals surface area contributed by atoms with Gasteiger partial charge in [-0.1, -0.05) is 11.6 Å². The number of amides is 2. The first-order valence-electron chi connectivity index (χ1n) is 12.1. The molecule has 5 atom stereocenters. The molecule has 3 unspecified atom stereocenters. The van der Waals surface area contributed by atoms with Crippen LogP contribution >= 0.6 is 11.6 Å². The van der Waals surface area contributed by atoms with Gasteiger partial charge in [-0.25, -0.2) is 22.0 Å². The van der Waals surface area contributed by atoms with E-state index in [0.717, 1.165) is 24.3 Å². The van der Waals surface area contributed by atoms with Gasteiger partial charge in [0.1, 0.15) is 18.3 Å². The summed E-state index contributed by atoms with van der Waals surface area (Å²) in [6, 6.07) is 6.40. The lowest BCUT2D eigenvalue weighted by molar-refractivity contribution is -0.257. The second kappa shape index (κ2) is 9.97. The molecule has 3 saturated carbocycles. The number of benzene rings is 2. The quantitative estimate of drug-likeness (QED) is 0.329. The fourth-order valence-electron chi connectivity index (χ4n) is 5.82. The third-order valence-corrected chi connectivity index (χ3v) is 10.6. The summed E-state index contributed by atoms with van der Waals surface area (Å²) in [4.78, 5) is 23.7. The molecule has 2 amide bonds. The number of hydrogen-bond donors (Lipinski definition) is 5. The van der Waals surface area contributed by atoms with E-state index in [1.165, 1.54) is 12.1 Å². The Labute approximate surface area is 226 Å². The molecule has 3 aliphatic carbocycles. The van der Waals surface area contributed by atoms with Gasteiger partial charge in [0.05, 0.1) is 27.3 Å². The van der Waals surface area contributed by atoms with Crippen LogP contribution in [0.1, 0.15) is 29.6 Å². The van der Waals surface area contributed by atoms with Gasteiger partial charge >= 0.3 is 6.09 Å². The lowest BCUT2D eigenvalue weighted by Crippen LogP contribution is -2.70. The van der Waals surface area contributed by atoms with E-state index < -0.39 is 74.5 Å². The Hall–Kier alpha value is -2.84. The van der Waals surface area contributed by atoms with Crippen molar-refractivity contribution in [2.75, 3.05) is 11.9 Å². The maximum atomic E-state index is 13.6. The van der Waals surface area contributed by atoms with Crippen molar-refractivity contribution in [1.29, 1.82) is 0 Å². The van der Waals surface area contributed by atoms with Crippen molar-refractivity contribution in [3.63, 3.8) is 0 Å². The SMILES string of the molecule is O=C1NCC([C@H](O)[C@@H](O)C2(O)C3CC2CC(S(=O)(=O)c2cc(C(=O)Nc4ccc(F)c(F)c4)ccc2Cl)C3)O1. The summed E-state index contributed by atoms with van der Waals surface area (Å²) >= 11 is 6.21. The number of aliphatic hydroxyl groups excluding tert-OH is 2. The molecule has 4 aliphatic rings. The Bertz CT molecular complexity index is 1430. The number of nitrogens with one attached hydrogen (secondary N) is 2. The molecule has 1 aliphatic heterocycles. The van der Waals surface area contributed by atoms with Crippen LogP contribution in [0.2, 0.25) is 5.02 Å². The van der Waals surface area contributed by atoms with Crippen molar-refractivity contribution in [3.8, 4) is 0 Å². The molecule has 6 rings (SSSR count). The van der Waals surface area contributed by atoms with E-state index in [2.05, 4.69) is 10.6 Å². The normalized spacial score (nSPS) is 29.5. The number of ether oxygens (including phenoxy) is 1. The average molecular weight is 587 g/mol. The Kier molecular flexibility index (Phi) is 7.08. The summed E-state index contributed by atoms with van der Waals surface area (Å²) in [6.07, 6.45) is -4.71. The van der Waals surface area contributed by atoms with Crippen molar-refractivity contribution in [3.05, 3.63) is 58.6 Å². The van der Waals surface area contributed by atoms with Gasteiger partial charge in [0.15, 0.2) is 21.5 Å². The number of rotatable bonds is 7. The average Bonchev–Trinajstić information content (AvgIpc) is 3.35. The summed E-state index contributed by atoms with van der Waals surface area (Å²) < 4.78 is 58.7. The van der Waals surface area contributed by atoms with Crippen LogP contribution in [-0.4, -0.2) is 71.4 Å². The molecule has 2 aromatic carbocycles. The molecule has 210 valence electrons. The first-order chi connectivity index (χ1) is 18.3. The Balaban J connectivity index is 1.32. The van der Waals surface area contributed by atoms with Crippen LogP contribution < -0.4 is 10.6 Å². The minimum Gasteiger partial charge on any atom is -0.441 e. The predicted octanol–water partition coefficient (Wildman–Crippen LogP) is 2.00. The molecule has 1 heterocycles. The third-order valence-electron chi connectivity index (χ3n) is 7.97. The summed E-state index contributed by atoms with van der Waals surface area (Å²) in [6.45, 7) is -0.0437. The zero-order valence-corrected chi connectivity index (χ0v) is 21.8. The fraction of sp³-hybridized carbons (Fsp3) is 0.440. The van der Waals surface area contributed by atoms with E-state index in [1.807, 2.05) is 0 Å². The molecule has 5 N–H and O–H groups in total. The number of hydrogen-bond acceptors (Lipinski definition) is 8. The van der Waals surface area contributed by atoms with Gasteiger partial charge in [-0.05, 0) is 61.4 Å². The maximum Gasteiger partial charge on any atom is 0.407 e. The van der Waals surface area contributed by atoms with Crippen LogP contribution in [-0.2, 0) is 14.6 Å². The lowest BCUT2D eigenvalue weighted by atomic mass is 9.51. The lowest BCUT2D eigenvalue weighted by Gasteiger charge is -2.60. The topological polar surface area (TPSA) is 162 Å². The van der Waals surface area contributed by atoms with Crippen LogP contribution in [0.3, 0.4) is 0 Å². The minimum absolute atomic E-state index is 0.0335.